The second-order valence-electron chi connectivity index (χ2n) is 12.5. The van der Waals surface area contributed by atoms with Crippen molar-refractivity contribution in [2.45, 2.75) is 0 Å². The van der Waals surface area contributed by atoms with E-state index in [1.807, 2.05) is 0 Å². The Balaban J connectivity index is 1.13. The van der Waals surface area contributed by atoms with Gasteiger partial charge in [0, 0.05) is 0 Å². The van der Waals surface area contributed by atoms with E-state index in [4.69, 9.17) is 0 Å². The lowest BCUT2D eigenvalue weighted by molar-refractivity contribution is 1.58. The van der Waals surface area contributed by atoms with Gasteiger partial charge in [0.25, 0.3) is 0 Å². The molecular formula is C48H32. The average molecular weight is 609 g/mol. The highest BCUT2D eigenvalue weighted by Crippen LogP contribution is 2.44. The zero-order chi connectivity index (χ0) is 31.9. The summed E-state index contributed by atoms with van der Waals surface area (Å²) in [4.78, 5) is 0. The van der Waals surface area contributed by atoms with Gasteiger partial charge in [-0.05, 0) is 100 Å². The van der Waals surface area contributed by atoms with Crippen LogP contribution >= 0.6 is 0 Å². The summed E-state index contributed by atoms with van der Waals surface area (Å²) in [5.41, 5.74) is 12.4. The van der Waals surface area contributed by atoms with Crippen LogP contribution in [0.25, 0.3) is 88.0 Å². The zero-order valence-corrected chi connectivity index (χ0v) is 26.5. The summed E-state index contributed by atoms with van der Waals surface area (Å²) in [5.74, 6) is 0. The van der Waals surface area contributed by atoms with Crippen LogP contribution in [0.2, 0.25) is 0 Å². The van der Waals surface area contributed by atoms with E-state index in [9.17, 15) is 0 Å². The van der Waals surface area contributed by atoms with Crippen molar-refractivity contribution in [1.29, 1.82) is 0 Å². The van der Waals surface area contributed by atoms with Crippen LogP contribution in [0.5, 0.6) is 0 Å². The van der Waals surface area contributed by atoms with Crippen molar-refractivity contribution in [3.05, 3.63) is 194 Å². The lowest BCUT2D eigenvalue weighted by Gasteiger charge is -2.18. The number of rotatable bonds is 5. The normalized spacial score (nSPS) is 11.3. The Morgan fingerprint density at radius 3 is 1.23 bits per heavy atom. The first kappa shape index (κ1) is 28.0. The SMILES string of the molecule is c1ccc(-c2c3ccccc3c(-c3cccc(-c4cccc(-c5ccc(-c6cccc7ccccc67)cc5)c4)c3)c3ccccc23)cc1. The molecule has 0 nitrogen and oxygen atoms in total. The highest BCUT2D eigenvalue weighted by Gasteiger charge is 2.16. The lowest BCUT2D eigenvalue weighted by Crippen LogP contribution is -1.91. The first-order valence-corrected chi connectivity index (χ1v) is 16.6. The second-order valence-corrected chi connectivity index (χ2v) is 12.5. The van der Waals surface area contributed by atoms with Crippen molar-refractivity contribution in [3.8, 4) is 55.6 Å². The number of fused-ring (bicyclic) bond motifs is 3. The first-order valence-electron chi connectivity index (χ1n) is 16.6. The zero-order valence-electron chi connectivity index (χ0n) is 26.5. The van der Waals surface area contributed by atoms with Gasteiger partial charge in [0.05, 0.1) is 0 Å². The van der Waals surface area contributed by atoms with Gasteiger partial charge >= 0.3 is 0 Å². The molecule has 0 aliphatic carbocycles. The topological polar surface area (TPSA) is 0 Å². The Morgan fingerprint density at radius 1 is 0.208 bits per heavy atom. The molecule has 0 radical (unpaired) electrons. The Bertz CT molecular complexity index is 2530. The predicted octanol–water partition coefficient (Wildman–Crippen LogP) is 13.5. The van der Waals surface area contributed by atoms with E-state index >= 15 is 0 Å². The Morgan fingerprint density at radius 2 is 0.604 bits per heavy atom. The van der Waals surface area contributed by atoms with Gasteiger partial charge < -0.3 is 0 Å². The quantitative estimate of drug-likeness (QED) is 0.171. The van der Waals surface area contributed by atoms with Gasteiger partial charge in [0.15, 0.2) is 0 Å². The minimum Gasteiger partial charge on any atom is -0.0622 e. The fraction of sp³-hybridized carbons (Fsp3) is 0. The molecule has 0 heteroatoms. The summed E-state index contributed by atoms with van der Waals surface area (Å²) in [6.07, 6.45) is 0. The molecular weight excluding hydrogens is 577 g/mol. The smallest absolute Gasteiger partial charge is 0.00262 e. The molecule has 0 unspecified atom stereocenters. The molecule has 0 aliphatic heterocycles. The molecule has 0 amide bonds. The summed E-state index contributed by atoms with van der Waals surface area (Å²) in [6, 6.07) is 70.6. The molecule has 0 spiro atoms. The van der Waals surface area contributed by atoms with E-state index < -0.39 is 0 Å². The van der Waals surface area contributed by atoms with Gasteiger partial charge in [-0.15, -0.1) is 0 Å². The van der Waals surface area contributed by atoms with E-state index in [2.05, 4.69) is 194 Å². The Labute approximate surface area is 281 Å². The van der Waals surface area contributed by atoms with E-state index in [0.29, 0.717) is 0 Å². The van der Waals surface area contributed by atoms with Crippen molar-refractivity contribution >= 4 is 32.3 Å². The highest BCUT2D eigenvalue weighted by atomic mass is 14.2. The average Bonchev–Trinajstić information content (AvgIpc) is 3.17. The van der Waals surface area contributed by atoms with Gasteiger partial charge in [0.2, 0.25) is 0 Å². The highest BCUT2D eigenvalue weighted by molar-refractivity contribution is 6.21. The van der Waals surface area contributed by atoms with Crippen LogP contribution in [0.3, 0.4) is 0 Å². The third-order valence-electron chi connectivity index (χ3n) is 9.66. The van der Waals surface area contributed by atoms with Crippen LogP contribution in [-0.4, -0.2) is 0 Å². The summed E-state index contributed by atoms with van der Waals surface area (Å²) >= 11 is 0. The van der Waals surface area contributed by atoms with E-state index in [1.54, 1.807) is 0 Å². The summed E-state index contributed by atoms with van der Waals surface area (Å²) < 4.78 is 0. The van der Waals surface area contributed by atoms with Gasteiger partial charge in [-0.1, -0.05) is 182 Å². The van der Waals surface area contributed by atoms with E-state index in [-0.39, 0.29) is 0 Å². The molecule has 0 N–H and O–H groups in total. The summed E-state index contributed by atoms with van der Waals surface area (Å²) in [7, 11) is 0. The molecule has 9 aromatic carbocycles. The third-order valence-corrected chi connectivity index (χ3v) is 9.66. The lowest BCUT2D eigenvalue weighted by atomic mass is 9.85. The first-order chi connectivity index (χ1) is 23.8. The molecule has 9 rings (SSSR count). The Hall–Kier alpha value is -6.24. The summed E-state index contributed by atoms with van der Waals surface area (Å²) in [6.45, 7) is 0. The maximum atomic E-state index is 2.36. The number of hydrogen-bond donors (Lipinski definition) is 0. The fourth-order valence-corrected chi connectivity index (χ4v) is 7.41. The van der Waals surface area contributed by atoms with Crippen LogP contribution in [0.1, 0.15) is 0 Å². The summed E-state index contributed by atoms with van der Waals surface area (Å²) in [5, 5.41) is 7.64. The molecule has 224 valence electrons. The minimum atomic E-state index is 1.21. The molecule has 0 fully saturated rings. The van der Waals surface area contributed by atoms with Crippen molar-refractivity contribution in [2.24, 2.45) is 0 Å². The molecule has 9 aromatic rings. The van der Waals surface area contributed by atoms with Crippen LogP contribution in [0.4, 0.5) is 0 Å². The minimum absolute atomic E-state index is 1.21. The van der Waals surface area contributed by atoms with Gasteiger partial charge in [-0.2, -0.15) is 0 Å². The van der Waals surface area contributed by atoms with Gasteiger partial charge in [-0.25, -0.2) is 0 Å². The van der Waals surface area contributed by atoms with Crippen LogP contribution < -0.4 is 0 Å². The molecule has 0 saturated carbocycles. The number of hydrogen-bond acceptors (Lipinski definition) is 0. The van der Waals surface area contributed by atoms with Crippen molar-refractivity contribution in [3.63, 3.8) is 0 Å². The van der Waals surface area contributed by atoms with Gasteiger partial charge in [-0.3, -0.25) is 0 Å². The van der Waals surface area contributed by atoms with Crippen molar-refractivity contribution < 1.29 is 0 Å². The third kappa shape index (κ3) is 4.87. The van der Waals surface area contributed by atoms with Crippen molar-refractivity contribution in [2.75, 3.05) is 0 Å². The molecule has 0 saturated heterocycles. The van der Waals surface area contributed by atoms with E-state index in [1.165, 1.54) is 88.0 Å². The van der Waals surface area contributed by atoms with Crippen LogP contribution in [-0.2, 0) is 0 Å². The molecule has 48 heavy (non-hydrogen) atoms. The van der Waals surface area contributed by atoms with Crippen molar-refractivity contribution in [1.82, 2.24) is 0 Å². The maximum Gasteiger partial charge on any atom is -0.00262 e. The predicted molar refractivity (Wildman–Crippen MR) is 206 cm³/mol. The maximum absolute atomic E-state index is 2.36. The van der Waals surface area contributed by atoms with Crippen LogP contribution in [0.15, 0.2) is 194 Å². The molecule has 0 atom stereocenters. The Kier molecular flexibility index (Phi) is 6.91. The number of benzene rings is 9. The van der Waals surface area contributed by atoms with Crippen LogP contribution in [0, 0.1) is 0 Å². The van der Waals surface area contributed by atoms with Gasteiger partial charge in [0.1, 0.15) is 0 Å². The fourth-order valence-electron chi connectivity index (χ4n) is 7.41. The molecule has 0 aromatic heterocycles. The second kappa shape index (κ2) is 11.8. The molecule has 0 bridgehead atoms. The largest absolute Gasteiger partial charge is 0.0622 e. The van der Waals surface area contributed by atoms with E-state index in [0.717, 1.165) is 0 Å². The molecule has 0 heterocycles. The molecule has 0 aliphatic rings. The monoisotopic (exact) mass is 608 g/mol. The standard InChI is InChI=1S/C48H32/c1-2-14-36(15-3-1)47-43-22-6-8-24-45(43)48(46-25-9-7-23-44(46)47)40-20-11-19-39(32-40)38-18-10-17-37(31-38)33-27-29-35(30-28-33)42-26-12-16-34-13-4-5-21-41(34)42/h1-32H.